The molecule has 1 rings (SSSR count). The number of nitrogens with zero attached hydrogens (tertiary/aromatic N) is 1. The monoisotopic (exact) mass is 188 g/mol. The van der Waals surface area contributed by atoms with Gasteiger partial charge in [0.15, 0.2) is 0 Å². The second kappa shape index (κ2) is 3.20. The summed E-state index contributed by atoms with van der Waals surface area (Å²) in [5.74, 6) is -0.468. The van der Waals surface area contributed by atoms with Crippen LogP contribution in [-0.2, 0) is 10.0 Å². The molecule has 0 saturated carbocycles. The third kappa shape index (κ3) is 1.80. The first kappa shape index (κ1) is 9.15. The van der Waals surface area contributed by atoms with E-state index in [4.69, 9.17) is 0 Å². The number of sulfonamides is 1. The Kier molecular flexibility index (Phi) is 2.44. The lowest BCUT2D eigenvalue weighted by Crippen LogP contribution is -2.11. The predicted octanol–water partition coefficient (Wildman–Crippen LogP) is 0.749. The minimum Gasteiger partial charge on any atom is -0.207 e. The van der Waals surface area contributed by atoms with E-state index in [9.17, 15) is 12.8 Å². The van der Waals surface area contributed by atoms with Gasteiger partial charge in [0.05, 0.1) is 4.90 Å². The number of rotatable bonds is 2. The Bertz CT molecular complexity index is 357. The van der Waals surface area contributed by atoms with Gasteiger partial charge in [0.1, 0.15) is 5.82 Å². The summed E-state index contributed by atoms with van der Waals surface area (Å²) in [7, 11) is -2.38. The van der Waals surface area contributed by atoms with Gasteiger partial charge in [0.2, 0.25) is 0 Å². The molecule has 0 atom stereocenters. The van der Waals surface area contributed by atoms with Gasteiger partial charge in [-0.15, -0.1) is 4.72 Å². The summed E-state index contributed by atoms with van der Waals surface area (Å²) in [5.41, 5.74) is 0. The predicted molar refractivity (Wildman–Crippen MR) is 41.6 cm³/mol. The lowest BCUT2D eigenvalue weighted by Gasteiger charge is -1.98. The highest BCUT2D eigenvalue weighted by Gasteiger charge is 2.11. The van der Waals surface area contributed by atoms with E-state index < -0.39 is 15.8 Å². The maximum absolute atomic E-state index is 12.4. The van der Waals surface area contributed by atoms with Crippen LogP contribution in [0.25, 0.3) is 0 Å². The maximum Gasteiger partial charge on any atom is 0.256 e. The SMILES string of the molecule is C[N]S(=O)(=O)c1ccc(F)cc1. The molecule has 0 amide bonds. The molecule has 1 radical (unpaired) electrons. The van der Waals surface area contributed by atoms with E-state index in [-0.39, 0.29) is 4.90 Å². The van der Waals surface area contributed by atoms with E-state index in [0.29, 0.717) is 0 Å². The van der Waals surface area contributed by atoms with Crippen LogP contribution in [0.15, 0.2) is 29.2 Å². The van der Waals surface area contributed by atoms with Gasteiger partial charge in [-0.1, -0.05) is 0 Å². The normalized spacial score (nSPS) is 11.5. The molecular weight excluding hydrogens is 181 g/mol. The smallest absolute Gasteiger partial charge is 0.207 e. The highest BCUT2D eigenvalue weighted by atomic mass is 32.2. The number of halogens is 1. The zero-order chi connectivity index (χ0) is 9.19. The second-order valence-electron chi connectivity index (χ2n) is 2.11. The molecule has 1 aromatic rings. The first-order valence-corrected chi connectivity index (χ1v) is 4.62. The summed E-state index contributed by atoms with van der Waals surface area (Å²) in [4.78, 5) is 0.00593. The molecular formula is C7H7FNO2S. The quantitative estimate of drug-likeness (QED) is 0.687. The molecule has 3 nitrogen and oxygen atoms in total. The van der Waals surface area contributed by atoms with Crippen molar-refractivity contribution in [3.05, 3.63) is 30.1 Å². The highest BCUT2D eigenvalue weighted by Crippen LogP contribution is 2.09. The molecule has 0 aliphatic rings. The third-order valence-corrected chi connectivity index (χ3v) is 2.70. The van der Waals surface area contributed by atoms with Crippen molar-refractivity contribution in [2.24, 2.45) is 0 Å². The molecule has 12 heavy (non-hydrogen) atoms. The van der Waals surface area contributed by atoms with Crippen molar-refractivity contribution in [1.29, 1.82) is 0 Å². The summed E-state index contributed by atoms with van der Waals surface area (Å²) in [5, 5.41) is 0. The zero-order valence-electron chi connectivity index (χ0n) is 6.36. The molecule has 0 aliphatic heterocycles. The Morgan fingerprint density at radius 3 is 2.17 bits per heavy atom. The minimum atomic E-state index is -3.56. The van der Waals surface area contributed by atoms with Crippen LogP contribution in [0.5, 0.6) is 0 Å². The number of hydrogen-bond donors (Lipinski definition) is 0. The Morgan fingerprint density at radius 1 is 1.25 bits per heavy atom. The van der Waals surface area contributed by atoms with Gasteiger partial charge in [-0.2, -0.15) is 0 Å². The molecule has 65 valence electrons. The Hall–Kier alpha value is -0.940. The first-order chi connectivity index (χ1) is 5.56. The topological polar surface area (TPSA) is 48.2 Å². The maximum atomic E-state index is 12.4. The fraction of sp³-hybridized carbons (Fsp3) is 0.143. The van der Waals surface area contributed by atoms with Gasteiger partial charge in [0, 0.05) is 7.05 Å². The van der Waals surface area contributed by atoms with Crippen LogP contribution in [-0.4, -0.2) is 15.5 Å². The van der Waals surface area contributed by atoms with E-state index in [1.807, 2.05) is 0 Å². The Morgan fingerprint density at radius 2 is 1.75 bits per heavy atom. The van der Waals surface area contributed by atoms with E-state index in [1.54, 1.807) is 0 Å². The molecule has 5 heteroatoms. The van der Waals surface area contributed by atoms with E-state index >= 15 is 0 Å². The fourth-order valence-corrected chi connectivity index (χ4v) is 1.40. The van der Waals surface area contributed by atoms with Crippen molar-refractivity contribution in [3.63, 3.8) is 0 Å². The van der Waals surface area contributed by atoms with Gasteiger partial charge in [-0.25, -0.2) is 12.8 Å². The molecule has 0 N–H and O–H groups in total. The molecule has 0 aliphatic carbocycles. The molecule has 0 spiro atoms. The standard InChI is InChI=1S/C7H7FNO2S/c1-9-12(10,11)7-4-2-6(8)3-5-7/h2-5H,1H3. The highest BCUT2D eigenvalue weighted by molar-refractivity contribution is 7.89. The van der Waals surface area contributed by atoms with Crippen molar-refractivity contribution in [3.8, 4) is 0 Å². The zero-order valence-corrected chi connectivity index (χ0v) is 7.18. The Balaban J connectivity index is 3.14. The molecule has 1 aromatic carbocycles. The average Bonchev–Trinajstić information content (AvgIpc) is 2.05. The van der Waals surface area contributed by atoms with Crippen LogP contribution >= 0.6 is 0 Å². The number of hydrogen-bond acceptors (Lipinski definition) is 2. The van der Waals surface area contributed by atoms with Crippen LogP contribution < -0.4 is 4.72 Å². The molecule has 0 bridgehead atoms. The minimum absolute atomic E-state index is 0.00593. The summed E-state index contributed by atoms with van der Waals surface area (Å²) in [6.07, 6.45) is 0. The largest absolute Gasteiger partial charge is 0.256 e. The second-order valence-corrected chi connectivity index (χ2v) is 3.90. The van der Waals surface area contributed by atoms with E-state index in [0.717, 1.165) is 12.1 Å². The van der Waals surface area contributed by atoms with Crippen LogP contribution in [0, 0.1) is 5.82 Å². The lowest BCUT2D eigenvalue weighted by molar-refractivity contribution is 0.586. The molecule has 0 saturated heterocycles. The molecule has 0 heterocycles. The van der Waals surface area contributed by atoms with Gasteiger partial charge in [0.25, 0.3) is 10.0 Å². The molecule has 0 unspecified atom stereocenters. The third-order valence-electron chi connectivity index (χ3n) is 1.35. The van der Waals surface area contributed by atoms with Crippen LogP contribution in [0.1, 0.15) is 0 Å². The first-order valence-electron chi connectivity index (χ1n) is 3.18. The summed E-state index contributed by atoms with van der Waals surface area (Å²) in [6.45, 7) is 0. The van der Waals surface area contributed by atoms with Crippen molar-refractivity contribution >= 4 is 10.0 Å². The van der Waals surface area contributed by atoms with Crippen molar-refractivity contribution in [2.45, 2.75) is 4.90 Å². The van der Waals surface area contributed by atoms with Gasteiger partial charge >= 0.3 is 0 Å². The van der Waals surface area contributed by atoms with Crippen molar-refractivity contribution in [2.75, 3.05) is 7.05 Å². The summed E-state index contributed by atoms with van der Waals surface area (Å²) < 4.78 is 37.6. The average molecular weight is 188 g/mol. The lowest BCUT2D eigenvalue weighted by atomic mass is 10.4. The van der Waals surface area contributed by atoms with Gasteiger partial charge in [-0.3, -0.25) is 0 Å². The van der Waals surface area contributed by atoms with Gasteiger partial charge in [-0.05, 0) is 24.3 Å². The number of benzene rings is 1. The van der Waals surface area contributed by atoms with Crippen molar-refractivity contribution < 1.29 is 12.8 Å². The van der Waals surface area contributed by atoms with Gasteiger partial charge < -0.3 is 0 Å². The van der Waals surface area contributed by atoms with Crippen LogP contribution in [0.3, 0.4) is 0 Å². The van der Waals surface area contributed by atoms with Crippen LogP contribution in [0.2, 0.25) is 0 Å². The van der Waals surface area contributed by atoms with E-state index in [2.05, 4.69) is 4.72 Å². The Labute approximate surface area is 70.3 Å². The molecule has 0 fully saturated rings. The fourth-order valence-electron chi connectivity index (χ4n) is 0.712. The van der Waals surface area contributed by atoms with Crippen molar-refractivity contribution in [1.82, 2.24) is 4.72 Å². The molecule has 0 aromatic heterocycles. The summed E-state index contributed by atoms with van der Waals surface area (Å²) >= 11 is 0. The van der Waals surface area contributed by atoms with Crippen LogP contribution in [0.4, 0.5) is 4.39 Å². The summed E-state index contributed by atoms with van der Waals surface area (Å²) in [6, 6.07) is 4.52. The van der Waals surface area contributed by atoms with E-state index in [1.165, 1.54) is 19.2 Å².